The summed E-state index contributed by atoms with van der Waals surface area (Å²) in [6.07, 6.45) is -2.59. The van der Waals surface area contributed by atoms with Crippen LogP contribution in [-0.4, -0.2) is 0 Å². The van der Waals surface area contributed by atoms with Crippen molar-refractivity contribution in [1.29, 1.82) is 0 Å². The molecule has 0 amide bonds. The van der Waals surface area contributed by atoms with Crippen LogP contribution in [0, 0.1) is 5.92 Å². The van der Waals surface area contributed by atoms with E-state index in [1.165, 1.54) is 12.1 Å². The molecule has 1 aromatic carbocycles. The second-order valence-electron chi connectivity index (χ2n) is 4.38. The summed E-state index contributed by atoms with van der Waals surface area (Å²) in [7, 11) is 0. The molecule has 1 aromatic rings. The number of hydrogen-bond donors (Lipinski definition) is 1. The summed E-state index contributed by atoms with van der Waals surface area (Å²) in [4.78, 5) is 0. The maximum absolute atomic E-state index is 12.8. The number of hydrogen-bond acceptors (Lipinski definition) is 1. The zero-order chi connectivity index (χ0) is 13.1. The first-order chi connectivity index (χ1) is 7.88. The first-order valence-electron chi connectivity index (χ1n) is 5.79. The van der Waals surface area contributed by atoms with Crippen molar-refractivity contribution < 1.29 is 13.2 Å². The van der Waals surface area contributed by atoms with Crippen LogP contribution in [0.15, 0.2) is 24.3 Å². The first kappa shape index (κ1) is 14.0. The SMILES string of the molecule is CCCC(C)C(N)c1ccccc1C(F)(F)F. The van der Waals surface area contributed by atoms with Gasteiger partial charge < -0.3 is 5.73 Å². The summed E-state index contributed by atoms with van der Waals surface area (Å²) >= 11 is 0. The number of rotatable bonds is 4. The van der Waals surface area contributed by atoms with Crippen molar-refractivity contribution in [3.63, 3.8) is 0 Å². The second kappa shape index (κ2) is 5.54. The van der Waals surface area contributed by atoms with Crippen molar-refractivity contribution in [2.75, 3.05) is 0 Å². The van der Waals surface area contributed by atoms with Crippen molar-refractivity contribution in [1.82, 2.24) is 0 Å². The molecule has 0 radical (unpaired) electrons. The van der Waals surface area contributed by atoms with Gasteiger partial charge in [0.2, 0.25) is 0 Å². The molecule has 0 heterocycles. The summed E-state index contributed by atoms with van der Waals surface area (Å²) in [5.41, 5.74) is 5.50. The lowest BCUT2D eigenvalue weighted by Gasteiger charge is -2.23. The van der Waals surface area contributed by atoms with Crippen molar-refractivity contribution in [3.05, 3.63) is 35.4 Å². The number of benzene rings is 1. The van der Waals surface area contributed by atoms with Gasteiger partial charge >= 0.3 is 6.18 Å². The van der Waals surface area contributed by atoms with Crippen LogP contribution in [-0.2, 0) is 6.18 Å². The van der Waals surface area contributed by atoms with Gasteiger partial charge in [0.05, 0.1) is 5.56 Å². The van der Waals surface area contributed by atoms with Crippen LogP contribution < -0.4 is 5.73 Å². The molecular formula is C13H18F3N. The van der Waals surface area contributed by atoms with Gasteiger partial charge in [0.1, 0.15) is 0 Å². The van der Waals surface area contributed by atoms with E-state index in [1.807, 2.05) is 13.8 Å². The highest BCUT2D eigenvalue weighted by Crippen LogP contribution is 2.36. The average Bonchev–Trinajstić information content (AvgIpc) is 2.27. The summed E-state index contributed by atoms with van der Waals surface area (Å²) in [6.45, 7) is 3.89. The van der Waals surface area contributed by atoms with Crippen LogP contribution in [0.4, 0.5) is 13.2 Å². The van der Waals surface area contributed by atoms with Gasteiger partial charge in [-0.1, -0.05) is 38.5 Å². The molecular weight excluding hydrogens is 227 g/mol. The maximum atomic E-state index is 12.8. The van der Waals surface area contributed by atoms with Crippen LogP contribution in [0.25, 0.3) is 0 Å². The van der Waals surface area contributed by atoms with Gasteiger partial charge in [-0.25, -0.2) is 0 Å². The fraction of sp³-hybridized carbons (Fsp3) is 0.538. The van der Waals surface area contributed by atoms with E-state index in [4.69, 9.17) is 5.73 Å². The first-order valence-corrected chi connectivity index (χ1v) is 5.79. The average molecular weight is 245 g/mol. The minimum Gasteiger partial charge on any atom is -0.324 e. The Morgan fingerprint density at radius 3 is 2.35 bits per heavy atom. The largest absolute Gasteiger partial charge is 0.416 e. The fourth-order valence-electron chi connectivity index (χ4n) is 1.99. The van der Waals surface area contributed by atoms with Crippen LogP contribution >= 0.6 is 0 Å². The Morgan fingerprint density at radius 2 is 1.82 bits per heavy atom. The topological polar surface area (TPSA) is 26.0 Å². The molecule has 0 aliphatic heterocycles. The molecule has 0 spiro atoms. The second-order valence-corrected chi connectivity index (χ2v) is 4.38. The van der Waals surface area contributed by atoms with Gasteiger partial charge in [0.15, 0.2) is 0 Å². The van der Waals surface area contributed by atoms with E-state index in [9.17, 15) is 13.2 Å². The van der Waals surface area contributed by atoms with Crippen LogP contribution in [0.5, 0.6) is 0 Å². The Hall–Kier alpha value is -1.03. The smallest absolute Gasteiger partial charge is 0.324 e. The molecule has 0 bridgehead atoms. The van der Waals surface area contributed by atoms with E-state index < -0.39 is 17.8 Å². The third-order valence-corrected chi connectivity index (χ3v) is 2.98. The summed E-state index contributed by atoms with van der Waals surface area (Å²) in [5.74, 6) is 0.0449. The van der Waals surface area contributed by atoms with Gasteiger partial charge in [-0.3, -0.25) is 0 Å². The van der Waals surface area contributed by atoms with Crippen molar-refractivity contribution in [3.8, 4) is 0 Å². The molecule has 96 valence electrons. The molecule has 0 saturated heterocycles. The van der Waals surface area contributed by atoms with E-state index in [1.54, 1.807) is 6.07 Å². The van der Waals surface area contributed by atoms with Crippen LogP contribution in [0.1, 0.15) is 43.9 Å². The Morgan fingerprint density at radius 1 is 1.24 bits per heavy atom. The van der Waals surface area contributed by atoms with Crippen molar-refractivity contribution >= 4 is 0 Å². The van der Waals surface area contributed by atoms with Gasteiger partial charge in [-0.2, -0.15) is 13.2 Å². The summed E-state index contributed by atoms with van der Waals surface area (Å²) in [5, 5.41) is 0. The van der Waals surface area contributed by atoms with E-state index in [0.717, 1.165) is 18.9 Å². The third kappa shape index (κ3) is 3.46. The van der Waals surface area contributed by atoms with Crippen LogP contribution in [0.2, 0.25) is 0 Å². The Kier molecular flexibility index (Phi) is 4.57. The Bertz CT molecular complexity index is 360. The lowest BCUT2D eigenvalue weighted by Crippen LogP contribution is -2.23. The molecule has 17 heavy (non-hydrogen) atoms. The Labute approximate surface area is 99.8 Å². The molecule has 0 saturated carbocycles. The van der Waals surface area contributed by atoms with Crippen LogP contribution in [0.3, 0.4) is 0 Å². The minimum atomic E-state index is -4.33. The molecule has 1 nitrogen and oxygen atoms in total. The minimum absolute atomic E-state index is 0.0449. The number of nitrogens with two attached hydrogens (primary N) is 1. The fourth-order valence-corrected chi connectivity index (χ4v) is 1.99. The van der Waals surface area contributed by atoms with Gasteiger partial charge in [0, 0.05) is 6.04 Å². The quantitative estimate of drug-likeness (QED) is 0.847. The molecule has 0 fully saturated rings. The van der Waals surface area contributed by atoms with Gasteiger partial charge in [0.25, 0.3) is 0 Å². The number of halogens is 3. The third-order valence-electron chi connectivity index (χ3n) is 2.98. The maximum Gasteiger partial charge on any atom is 0.416 e. The van der Waals surface area contributed by atoms with Gasteiger partial charge in [-0.15, -0.1) is 0 Å². The van der Waals surface area contributed by atoms with E-state index >= 15 is 0 Å². The standard InChI is InChI=1S/C13H18F3N/c1-3-6-9(2)12(17)10-7-4-5-8-11(10)13(14,15)16/h4-5,7-9,12H,3,6,17H2,1-2H3. The van der Waals surface area contributed by atoms with Crippen molar-refractivity contribution in [2.24, 2.45) is 11.7 Å². The lowest BCUT2D eigenvalue weighted by molar-refractivity contribution is -0.138. The highest BCUT2D eigenvalue weighted by atomic mass is 19.4. The molecule has 4 heteroatoms. The van der Waals surface area contributed by atoms with Crippen molar-refractivity contribution in [2.45, 2.75) is 38.9 Å². The molecule has 0 aromatic heterocycles. The Balaban J connectivity index is 3.05. The molecule has 2 atom stereocenters. The lowest BCUT2D eigenvalue weighted by atomic mass is 9.89. The monoisotopic (exact) mass is 245 g/mol. The predicted octanol–water partition coefficient (Wildman–Crippen LogP) is 4.14. The molecule has 1 rings (SSSR count). The van der Waals surface area contributed by atoms with E-state index in [2.05, 4.69) is 0 Å². The van der Waals surface area contributed by atoms with Gasteiger partial charge in [-0.05, 0) is 24.0 Å². The normalized spacial score (nSPS) is 15.6. The number of alkyl halides is 3. The summed E-state index contributed by atoms with van der Waals surface area (Å²) < 4.78 is 38.4. The predicted molar refractivity (Wildman–Crippen MR) is 62.4 cm³/mol. The molecule has 2 N–H and O–H groups in total. The van der Waals surface area contributed by atoms with E-state index in [0.29, 0.717) is 0 Å². The molecule has 2 unspecified atom stereocenters. The highest BCUT2D eigenvalue weighted by Gasteiger charge is 2.34. The summed E-state index contributed by atoms with van der Waals surface area (Å²) in [6, 6.07) is 4.99. The van der Waals surface area contributed by atoms with E-state index in [-0.39, 0.29) is 11.5 Å². The molecule has 0 aliphatic rings. The highest BCUT2D eigenvalue weighted by molar-refractivity contribution is 5.32. The zero-order valence-electron chi connectivity index (χ0n) is 10.1. The zero-order valence-corrected chi connectivity index (χ0v) is 10.1. The molecule has 0 aliphatic carbocycles.